The van der Waals surface area contributed by atoms with Crippen LogP contribution in [0.15, 0.2) is 22.7 Å². The number of halogens is 3. The molecule has 120 valence electrons. The maximum atomic E-state index is 13.1. The molecule has 0 bridgehead atoms. The molecular weight excluding hydrogens is 359 g/mol. The smallest absolute Gasteiger partial charge is 0.237 e. The predicted octanol–water partition coefficient (Wildman–Crippen LogP) is 3.43. The second-order valence-electron chi connectivity index (χ2n) is 5.27. The number of carbonyl (C=O) groups is 1. The lowest BCUT2D eigenvalue weighted by Gasteiger charge is -2.21. The number of benzene rings is 1. The summed E-state index contributed by atoms with van der Waals surface area (Å²) in [5.41, 5.74) is 6.85. The molecule has 0 saturated heterocycles. The lowest BCUT2D eigenvalue weighted by molar-refractivity contribution is -0.124. The molecule has 0 aliphatic heterocycles. The van der Waals surface area contributed by atoms with E-state index in [1.54, 1.807) is 12.1 Å². The molecular formula is C15H23BrClFN2O. The quantitative estimate of drug-likeness (QED) is 0.793. The van der Waals surface area contributed by atoms with Gasteiger partial charge in [-0.2, -0.15) is 0 Å². The van der Waals surface area contributed by atoms with Gasteiger partial charge in [0.25, 0.3) is 0 Å². The Hall–Kier alpha value is -0.650. The molecule has 3 atom stereocenters. The van der Waals surface area contributed by atoms with Gasteiger partial charge in [-0.15, -0.1) is 12.4 Å². The van der Waals surface area contributed by atoms with Gasteiger partial charge in [-0.3, -0.25) is 4.79 Å². The van der Waals surface area contributed by atoms with Gasteiger partial charge < -0.3 is 11.1 Å². The van der Waals surface area contributed by atoms with Crippen LogP contribution in [0.4, 0.5) is 4.39 Å². The molecule has 0 aliphatic rings. The van der Waals surface area contributed by atoms with E-state index in [4.69, 9.17) is 5.73 Å². The molecule has 6 heteroatoms. The van der Waals surface area contributed by atoms with Gasteiger partial charge in [-0.1, -0.05) is 26.3 Å². The Balaban J connectivity index is 0.00000400. The number of nitrogens with two attached hydrogens (primary N) is 1. The number of hydrogen-bond acceptors (Lipinski definition) is 2. The summed E-state index contributed by atoms with van der Waals surface area (Å²) in [6.45, 7) is 5.89. The normalized spacial score (nSPS) is 14.8. The van der Waals surface area contributed by atoms with Crippen LogP contribution in [0, 0.1) is 11.7 Å². The zero-order valence-electron chi connectivity index (χ0n) is 12.5. The minimum atomic E-state index is -0.484. The van der Waals surface area contributed by atoms with E-state index in [2.05, 4.69) is 21.2 Å². The Morgan fingerprint density at radius 3 is 2.57 bits per heavy atom. The van der Waals surface area contributed by atoms with Crippen molar-refractivity contribution in [1.82, 2.24) is 5.32 Å². The highest BCUT2D eigenvalue weighted by Crippen LogP contribution is 2.17. The number of amides is 1. The first-order valence-corrected chi connectivity index (χ1v) is 7.64. The fraction of sp³-hybridized carbons (Fsp3) is 0.533. The van der Waals surface area contributed by atoms with Crippen molar-refractivity contribution in [2.75, 3.05) is 0 Å². The van der Waals surface area contributed by atoms with Crippen molar-refractivity contribution in [2.45, 2.75) is 45.7 Å². The molecule has 0 aliphatic carbocycles. The summed E-state index contributed by atoms with van der Waals surface area (Å²) in [6, 6.07) is 4.33. The highest BCUT2D eigenvalue weighted by molar-refractivity contribution is 9.10. The molecule has 0 radical (unpaired) electrons. The Morgan fingerprint density at radius 2 is 2.05 bits per heavy atom. The summed E-state index contributed by atoms with van der Waals surface area (Å²) in [7, 11) is 0. The molecule has 3 unspecified atom stereocenters. The maximum absolute atomic E-state index is 13.1. The molecule has 0 fully saturated rings. The van der Waals surface area contributed by atoms with Gasteiger partial charge in [0.05, 0.1) is 10.5 Å². The summed E-state index contributed by atoms with van der Waals surface area (Å²) in [5, 5.41) is 2.90. The van der Waals surface area contributed by atoms with E-state index in [9.17, 15) is 9.18 Å². The lowest BCUT2D eigenvalue weighted by atomic mass is 9.98. The molecule has 1 aromatic carbocycles. The van der Waals surface area contributed by atoms with E-state index in [0.29, 0.717) is 10.9 Å². The van der Waals surface area contributed by atoms with E-state index in [0.717, 1.165) is 12.0 Å². The van der Waals surface area contributed by atoms with Crippen molar-refractivity contribution in [2.24, 2.45) is 11.7 Å². The molecule has 3 nitrogen and oxygen atoms in total. The highest BCUT2D eigenvalue weighted by atomic mass is 79.9. The fourth-order valence-electron chi connectivity index (χ4n) is 1.92. The summed E-state index contributed by atoms with van der Waals surface area (Å²) in [4.78, 5) is 12.0. The van der Waals surface area contributed by atoms with Crippen LogP contribution in [0.3, 0.4) is 0 Å². The summed E-state index contributed by atoms with van der Waals surface area (Å²) >= 11 is 3.16. The minimum absolute atomic E-state index is 0. The number of hydrogen-bond donors (Lipinski definition) is 2. The Bertz CT molecular complexity index is 473. The van der Waals surface area contributed by atoms with Crippen molar-refractivity contribution in [3.8, 4) is 0 Å². The number of carbonyl (C=O) groups excluding carboxylic acids is 1. The van der Waals surface area contributed by atoms with Crippen molar-refractivity contribution < 1.29 is 9.18 Å². The topological polar surface area (TPSA) is 55.1 Å². The summed E-state index contributed by atoms with van der Waals surface area (Å²) in [6.07, 6.45) is 1.51. The van der Waals surface area contributed by atoms with Gasteiger partial charge in [-0.25, -0.2) is 4.39 Å². The zero-order valence-corrected chi connectivity index (χ0v) is 14.9. The van der Waals surface area contributed by atoms with Crippen molar-refractivity contribution >= 4 is 34.2 Å². The van der Waals surface area contributed by atoms with Crippen LogP contribution >= 0.6 is 28.3 Å². The monoisotopic (exact) mass is 380 g/mol. The minimum Gasteiger partial charge on any atom is -0.352 e. The second-order valence-corrected chi connectivity index (χ2v) is 6.13. The average Bonchev–Trinajstić information content (AvgIpc) is 2.40. The first-order chi connectivity index (χ1) is 9.35. The number of nitrogens with one attached hydrogen (secondary N) is 1. The van der Waals surface area contributed by atoms with Gasteiger partial charge in [0.15, 0.2) is 0 Å². The van der Waals surface area contributed by atoms with Gasteiger partial charge in [-0.05, 0) is 52.9 Å². The van der Waals surface area contributed by atoms with Crippen LogP contribution in [0.5, 0.6) is 0 Å². The van der Waals surface area contributed by atoms with Crippen LogP contribution < -0.4 is 11.1 Å². The molecule has 0 saturated carbocycles. The SMILES string of the molecule is CCC(C)C(N)C(=O)NC(C)Cc1ccc(F)c(Br)c1.Cl. The third kappa shape index (κ3) is 6.32. The molecule has 21 heavy (non-hydrogen) atoms. The third-order valence-corrected chi connectivity index (χ3v) is 4.08. The van der Waals surface area contributed by atoms with Crippen LogP contribution in [0.2, 0.25) is 0 Å². The summed E-state index contributed by atoms with van der Waals surface area (Å²) in [5.74, 6) is -0.264. The molecule has 1 amide bonds. The van der Waals surface area contributed by atoms with Crippen molar-refractivity contribution in [3.63, 3.8) is 0 Å². The van der Waals surface area contributed by atoms with Crippen LogP contribution in [-0.2, 0) is 11.2 Å². The van der Waals surface area contributed by atoms with E-state index in [-0.39, 0.29) is 36.1 Å². The van der Waals surface area contributed by atoms with Crippen molar-refractivity contribution in [3.05, 3.63) is 34.1 Å². The van der Waals surface area contributed by atoms with Crippen LogP contribution in [-0.4, -0.2) is 18.0 Å². The van der Waals surface area contributed by atoms with Gasteiger partial charge in [0, 0.05) is 6.04 Å². The zero-order chi connectivity index (χ0) is 15.3. The molecule has 1 rings (SSSR count). The molecule has 1 aromatic rings. The summed E-state index contributed by atoms with van der Waals surface area (Å²) < 4.78 is 13.6. The second kappa shape index (κ2) is 9.38. The first kappa shape index (κ1) is 20.3. The van der Waals surface area contributed by atoms with E-state index < -0.39 is 6.04 Å². The van der Waals surface area contributed by atoms with E-state index >= 15 is 0 Å². The molecule has 3 N–H and O–H groups in total. The standard InChI is InChI=1S/C15H22BrFN2O.ClH/c1-4-9(2)14(18)15(20)19-10(3)7-11-5-6-13(17)12(16)8-11;/h5-6,8-10,14H,4,7,18H2,1-3H3,(H,19,20);1H. The molecule has 0 heterocycles. The van der Waals surface area contributed by atoms with Gasteiger partial charge >= 0.3 is 0 Å². The largest absolute Gasteiger partial charge is 0.352 e. The van der Waals surface area contributed by atoms with Crippen LogP contribution in [0.1, 0.15) is 32.8 Å². The van der Waals surface area contributed by atoms with Gasteiger partial charge in [0.2, 0.25) is 5.91 Å². The van der Waals surface area contributed by atoms with Gasteiger partial charge in [0.1, 0.15) is 5.82 Å². The van der Waals surface area contributed by atoms with Crippen molar-refractivity contribution in [1.29, 1.82) is 0 Å². The molecule has 0 aromatic heterocycles. The van der Waals surface area contributed by atoms with E-state index in [1.165, 1.54) is 6.07 Å². The Kier molecular flexibility index (Phi) is 9.09. The first-order valence-electron chi connectivity index (χ1n) is 6.85. The fourth-order valence-corrected chi connectivity index (χ4v) is 2.35. The Morgan fingerprint density at radius 1 is 1.43 bits per heavy atom. The molecule has 0 spiro atoms. The average molecular weight is 382 g/mol. The third-order valence-electron chi connectivity index (χ3n) is 3.47. The maximum Gasteiger partial charge on any atom is 0.237 e. The highest BCUT2D eigenvalue weighted by Gasteiger charge is 2.20. The Labute approximate surface area is 140 Å². The van der Waals surface area contributed by atoms with E-state index in [1.807, 2.05) is 20.8 Å². The lowest BCUT2D eigenvalue weighted by Crippen LogP contribution is -2.48. The van der Waals surface area contributed by atoms with Crippen LogP contribution in [0.25, 0.3) is 0 Å². The number of rotatable bonds is 6. The predicted molar refractivity (Wildman–Crippen MR) is 90.1 cm³/mol.